The normalized spacial score (nSPS) is 17.2. The third-order valence-electron chi connectivity index (χ3n) is 8.05. The SMILES string of the molecule is COC(=O)c1ccc(-c2cnn3cc(-c4ccc(N5C(C)CN(C(=O)OC(C)(C)C)CC5C)cc4)cnc23)c2ccccc12. The zero-order valence-electron chi connectivity index (χ0n) is 25.9. The van der Waals surface area contributed by atoms with E-state index in [0.717, 1.165) is 44.4 Å². The fourth-order valence-electron chi connectivity index (χ4n) is 6.17. The second kappa shape index (κ2) is 11.3. The fraction of sp³-hybridized carbons (Fsp3) is 0.314. The van der Waals surface area contributed by atoms with Gasteiger partial charge in [0.25, 0.3) is 0 Å². The Labute approximate surface area is 257 Å². The van der Waals surface area contributed by atoms with Crippen molar-refractivity contribution in [3.05, 3.63) is 84.8 Å². The maximum atomic E-state index is 12.7. The number of ether oxygens (including phenoxy) is 2. The molecule has 0 aliphatic carbocycles. The number of carbonyl (C=O) groups is 2. The number of methoxy groups -OCH3 is 1. The summed E-state index contributed by atoms with van der Waals surface area (Å²) in [6.45, 7) is 11.2. The van der Waals surface area contributed by atoms with E-state index < -0.39 is 5.60 Å². The molecule has 0 saturated carbocycles. The second-order valence-electron chi connectivity index (χ2n) is 12.4. The van der Waals surface area contributed by atoms with Gasteiger partial charge in [0, 0.05) is 54.4 Å². The molecule has 9 nitrogen and oxygen atoms in total. The number of esters is 1. The van der Waals surface area contributed by atoms with Gasteiger partial charge in [0.1, 0.15) is 5.60 Å². The van der Waals surface area contributed by atoms with Gasteiger partial charge >= 0.3 is 12.1 Å². The van der Waals surface area contributed by atoms with Gasteiger partial charge < -0.3 is 19.3 Å². The molecule has 3 aromatic carbocycles. The standard InChI is InChI=1S/C35H37N5O4/c1-22-19-38(34(42)44-35(3,4)5)20-23(2)40(22)26-13-11-24(12-14-26)25-17-36-32-31(18-37-39(32)21-25)29-15-16-30(33(41)43-6)28-10-8-7-9-27(28)29/h7-18,21-23H,19-20H2,1-6H3. The molecule has 226 valence electrons. The highest BCUT2D eigenvalue weighted by Crippen LogP contribution is 2.34. The van der Waals surface area contributed by atoms with Gasteiger partial charge in [0.2, 0.25) is 0 Å². The van der Waals surface area contributed by atoms with Crippen molar-refractivity contribution in [1.82, 2.24) is 19.5 Å². The average Bonchev–Trinajstić information content (AvgIpc) is 3.42. The van der Waals surface area contributed by atoms with Crippen LogP contribution in [-0.4, -0.2) is 69.4 Å². The van der Waals surface area contributed by atoms with Gasteiger partial charge in [-0.2, -0.15) is 5.10 Å². The van der Waals surface area contributed by atoms with Crippen molar-refractivity contribution in [1.29, 1.82) is 0 Å². The fourth-order valence-corrected chi connectivity index (χ4v) is 6.17. The Morgan fingerprint density at radius 1 is 0.841 bits per heavy atom. The minimum atomic E-state index is -0.516. The minimum Gasteiger partial charge on any atom is -0.465 e. The molecule has 0 radical (unpaired) electrons. The first-order valence-corrected chi connectivity index (χ1v) is 14.8. The third kappa shape index (κ3) is 5.45. The molecule has 9 heteroatoms. The van der Waals surface area contributed by atoms with Crippen LogP contribution in [0.1, 0.15) is 45.0 Å². The summed E-state index contributed by atoms with van der Waals surface area (Å²) in [6.07, 6.45) is 5.40. The summed E-state index contributed by atoms with van der Waals surface area (Å²) in [5, 5.41) is 6.38. The Kier molecular flexibility index (Phi) is 7.49. The summed E-state index contributed by atoms with van der Waals surface area (Å²) in [5.41, 5.74) is 5.65. The lowest BCUT2D eigenvalue weighted by molar-refractivity contribution is 0.0192. The molecule has 0 bridgehead atoms. The van der Waals surface area contributed by atoms with Crippen LogP contribution in [0.2, 0.25) is 0 Å². The van der Waals surface area contributed by atoms with E-state index in [1.165, 1.54) is 7.11 Å². The molecule has 3 heterocycles. The number of hydrogen-bond donors (Lipinski definition) is 0. The molecule has 1 fully saturated rings. The molecule has 5 aromatic rings. The molecule has 2 atom stereocenters. The van der Waals surface area contributed by atoms with Crippen LogP contribution >= 0.6 is 0 Å². The second-order valence-corrected chi connectivity index (χ2v) is 12.4. The van der Waals surface area contributed by atoms with Gasteiger partial charge in [-0.1, -0.05) is 42.5 Å². The van der Waals surface area contributed by atoms with Gasteiger partial charge in [0.15, 0.2) is 5.65 Å². The molecule has 1 aliphatic rings. The zero-order chi connectivity index (χ0) is 31.2. The summed E-state index contributed by atoms with van der Waals surface area (Å²) in [6, 6.07) is 20.2. The quantitative estimate of drug-likeness (QED) is 0.212. The number of rotatable bonds is 4. The Morgan fingerprint density at radius 3 is 2.18 bits per heavy atom. The number of piperazine rings is 1. The van der Waals surface area contributed by atoms with Crippen molar-refractivity contribution in [2.45, 2.75) is 52.3 Å². The van der Waals surface area contributed by atoms with Crippen LogP contribution in [0.3, 0.4) is 0 Å². The highest BCUT2D eigenvalue weighted by atomic mass is 16.6. The van der Waals surface area contributed by atoms with E-state index in [9.17, 15) is 9.59 Å². The molecule has 0 N–H and O–H groups in total. The number of aromatic nitrogens is 3. The van der Waals surface area contributed by atoms with Crippen LogP contribution in [0.5, 0.6) is 0 Å². The van der Waals surface area contributed by atoms with Crippen LogP contribution in [0, 0.1) is 0 Å². The topological polar surface area (TPSA) is 89.3 Å². The summed E-state index contributed by atoms with van der Waals surface area (Å²) in [4.78, 5) is 34.0. The van der Waals surface area contributed by atoms with Gasteiger partial charge in [-0.25, -0.2) is 19.1 Å². The van der Waals surface area contributed by atoms with E-state index in [2.05, 4.69) is 48.1 Å². The Bertz CT molecular complexity index is 1850. The number of carbonyl (C=O) groups excluding carboxylic acids is 2. The summed E-state index contributed by atoms with van der Waals surface area (Å²) < 4.78 is 12.4. The van der Waals surface area contributed by atoms with Gasteiger partial charge in [-0.05, 0) is 74.7 Å². The third-order valence-corrected chi connectivity index (χ3v) is 8.05. The van der Waals surface area contributed by atoms with E-state index in [0.29, 0.717) is 18.7 Å². The Hall–Kier alpha value is -4.92. The van der Waals surface area contributed by atoms with Crippen LogP contribution < -0.4 is 4.90 Å². The lowest BCUT2D eigenvalue weighted by atomic mass is 9.96. The molecule has 44 heavy (non-hydrogen) atoms. The summed E-state index contributed by atoms with van der Waals surface area (Å²) >= 11 is 0. The first-order chi connectivity index (χ1) is 21.0. The minimum absolute atomic E-state index is 0.135. The molecule has 0 spiro atoms. The number of benzene rings is 3. The van der Waals surface area contributed by atoms with Crippen molar-refractivity contribution in [2.75, 3.05) is 25.1 Å². The maximum absolute atomic E-state index is 12.7. The van der Waals surface area contributed by atoms with Crippen LogP contribution in [0.4, 0.5) is 10.5 Å². The smallest absolute Gasteiger partial charge is 0.410 e. The highest BCUT2D eigenvalue weighted by molar-refractivity contribution is 6.10. The molecule has 6 rings (SSSR count). The molecule has 2 aromatic heterocycles. The van der Waals surface area contributed by atoms with Crippen LogP contribution in [-0.2, 0) is 9.47 Å². The highest BCUT2D eigenvalue weighted by Gasteiger charge is 2.34. The summed E-state index contributed by atoms with van der Waals surface area (Å²) in [5.74, 6) is -0.367. The largest absolute Gasteiger partial charge is 0.465 e. The number of fused-ring (bicyclic) bond motifs is 2. The van der Waals surface area contributed by atoms with E-state index in [4.69, 9.17) is 14.5 Å². The van der Waals surface area contributed by atoms with Crippen molar-refractivity contribution < 1.29 is 19.1 Å². The number of amides is 1. The monoisotopic (exact) mass is 591 g/mol. The summed E-state index contributed by atoms with van der Waals surface area (Å²) in [7, 11) is 1.39. The lowest BCUT2D eigenvalue weighted by Gasteiger charge is -2.45. The molecule has 1 amide bonds. The first-order valence-electron chi connectivity index (χ1n) is 14.8. The molecule has 1 aliphatic heterocycles. The predicted molar refractivity (Wildman–Crippen MR) is 172 cm³/mol. The van der Waals surface area contributed by atoms with Crippen molar-refractivity contribution in [2.24, 2.45) is 0 Å². The van der Waals surface area contributed by atoms with E-state index in [-0.39, 0.29) is 24.1 Å². The van der Waals surface area contributed by atoms with Crippen molar-refractivity contribution >= 4 is 34.2 Å². The van der Waals surface area contributed by atoms with Crippen molar-refractivity contribution in [3.63, 3.8) is 0 Å². The van der Waals surface area contributed by atoms with Crippen LogP contribution in [0.25, 0.3) is 38.7 Å². The zero-order valence-corrected chi connectivity index (χ0v) is 25.9. The van der Waals surface area contributed by atoms with Crippen molar-refractivity contribution in [3.8, 4) is 22.3 Å². The molecule has 2 unspecified atom stereocenters. The Morgan fingerprint density at radius 2 is 1.52 bits per heavy atom. The number of hydrogen-bond acceptors (Lipinski definition) is 7. The lowest BCUT2D eigenvalue weighted by Crippen LogP contribution is -2.58. The average molecular weight is 592 g/mol. The van der Waals surface area contributed by atoms with E-state index in [1.807, 2.05) is 69.7 Å². The van der Waals surface area contributed by atoms with Gasteiger partial charge in [0.05, 0.1) is 18.9 Å². The first kappa shape index (κ1) is 29.2. The molecular formula is C35H37N5O4. The van der Waals surface area contributed by atoms with Gasteiger partial charge in [-0.15, -0.1) is 0 Å². The Balaban J connectivity index is 1.24. The number of nitrogens with zero attached hydrogens (tertiary/aromatic N) is 5. The predicted octanol–water partition coefficient (Wildman–Crippen LogP) is 6.84. The van der Waals surface area contributed by atoms with E-state index >= 15 is 0 Å². The maximum Gasteiger partial charge on any atom is 0.410 e. The number of anilines is 1. The van der Waals surface area contributed by atoms with Crippen LogP contribution in [0.15, 0.2) is 79.3 Å². The molecular weight excluding hydrogens is 554 g/mol. The van der Waals surface area contributed by atoms with Gasteiger partial charge in [-0.3, -0.25) is 0 Å². The molecule has 1 saturated heterocycles. The van der Waals surface area contributed by atoms with E-state index in [1.54, 1.807) is 15.5 Å².